The van der Waals surface area contributed by atoms with Crippen LogP contribution in [-0.2, 0) is 4.74 Å². The highest BCUT2D eigenvalue weighted by Gasteiger charge is 2.52. The highest BCUT2D eigenvalue weighted by atomic mass is 16.5. The number of rotatable bonds is 4. The molecule has 0 bridgehead atoms. The first-order valence-electron chi connectivity index (χ1n) is 11.7. The van der Waals surface area contributed by atoms with Crippen molar-refractivity contribution in [2.45, 2.75) is 56.8 Å². The molecule has 6 heteroatoms. The number of fused-ring (bicyclic) bond motifs is 1. The average molecular weight is 422 g/mol. The van der Waals surface area contributed by atoms with Gasteiger partial charge in [0.2, 0.25) is 0 Å². The molecule has 166 valence electrons. The molecule has 2 unspecified atom stereocenters. The second kappa shape index (κ2) is 8.49. The number of allylic oxidation sites excluding steroid dienone is 2. The number of ether oxygens (including phenoxy) is 1. The van der Waals surface area contributed by atoms with Crippen LogP contribution in [-0.4, -0.2) is 83.0 Å². The van der Waals surface area contributed by atoms with E-state index in [-0.39, 0.29) is 11.6 Å². The molecule has 0 N–H and O–H groups in total. The van der Waals surface area contributed by atoms with Crippen LogP contribution in [0.3, 0.4) is 0 Å². The monoisotopic (exact) mass is 421 g/mol. The number of likely N-dealkylation sites (N-methyl/N-ethyl adjacent to an activating group) is 1. The molecule has 0 aliphatic carbocycles. The Kier molecular flexibility index (Phi) is 5.71. The molecule has 0 amide bonds. The Morgan fingerprint density at radius 3 is 2.84 bits per heavy atom. The van der Waals surface area contributed by atoms with Crippen molar-refractivity contribution in [1.29, 1.82) is 0 Å². The predicted octanol–water partition coefficient (Wildman–Crippen LogP) is 3.17. The Morgan fingerprint density at radius 2 is 2.03 bits per heavy atom. The number of aryl methyl sites for hydroxylation is 1. The number of pyridine rings is 1. The first kappa shape index (κ1) is 20.9. The van der Waals surface area contributed by atoms with E-state index in [0.29, 0.717) is 12.1 Å². The minimum atomic E-state index is -0.0755. The number of piperidine rings is 1. The molecule has 0 spiro atoms. The summed E-state index contributed by atoms with van der Waals surface area (Å²) in [5.74, 6) is 1.10. The molecule has 0 saturated carbocycles. The first-order valence-corrected chi connectivity index (χ1v) is 11.7. The lowest BCUT2D eigenvalue weighted by atomic mass is 9.80. The number of hydrogen-bond donors (Lipinski definition) is 0. The van der Waals surface area contributed by atoms with Crippen molar-refractivity contribution in [3.63, 3.8) is 0 Å². The summed E-state index contributed by atoms with van der Waals surface area (Å²) in [6, 6.07) is 5.20. The van der Waals surface area contributed by atoms with E-state index in [9.17, 15) is 0 Å². The minimum Gasteiger partial charge on any atom is -0.379 e. The lowest BCUT2D eigenvalue weighted by Crippen LogP contribution is -2.62. The largest absolute Gasteiger partial charge is 0.379 e. The minimum absolute atomic E-state index is 0.0755. The van der Waals surface area contributed by atoms with Gasteiger partial charge in [-0.3, -0.25) is 19.8 Å². The first-order chi connectivity index (χ1) is 15.1. The van der Waals surface area contributed by atoms with E-state index in [4.69, 9.17) is 14.7 Å². The van der Waals surface area contributed by atoms with Crippen molar-refractivity contribution >= 4 is 5.84 Å². The third-order valence-corrected chi connectivity index (χ3v) is 7.67. The summed E-state index contributed by atoms with van der Waals surface area (Å²) in [5, 5.41) is 0. The SMILES string of the molecule is Cc1cccnc1[C@@H]1CCC[C@H](C2N=C3C=CC=CN3C2(C)CN2CCOCC2)N1C. The van der Waals surface area contributed by atoms with Crippen molar-refractivity contribution < 1.29 is 4.74 Å². The topological polar surface area (TPSA) is 44.2 Å². The second-order valence-corrected chi connectivity index (χ2v) is 9.63. The maximum atomic E-state index is 5.61. The Morgan fingerprint density at radius 1 is 1.19 bits per heavy atom. The summed E-state index contributed by atoms with van der Waals surface area (Å²) < 4.78 is 5.61. The van der Waals surface area contributed by atoms with E-state index < -0.39 is 0 Å². The van der Waals surface area contributed by atoms with Gasteiger partial charge in [-0.05, 0) is 63.9 Å². The van der Waals surface area contributed by atoms with E-state index in [1.165, 1.54) is 24.1 Å². The quantitative estimate of drug-likeness (QED) is 0.747. The zero-order chi connectivity index (χ0) is 21.4. The van der Waals surface area contributed by atoms with Crippen LogP contribution >= 0.6 is 0 Å². The predicted molar refractivity (Wildman–Crippen MR) is 124 cm³/mol. The molecule has 0 aromatic carbocycles. The van der Waals surface area contributed by atoms with E-state index in [2.05, 4.69) is 66.1 Å². The van der Waals surface area contributed by atoms with Gasteiger partial charge >= 0.3 is 0 Å². The number of likely N-dealkylation sites (tertiary alicyclic amines) is 1. The lowest BCUT2D eigenvalue weighted by molar-refractivity contribution is 0.00274. The normalized spacial score (nSPS) is 34.1. The van der Waals surface area contributed by atoms with E-state index in [0.717, 1.165) is 45.1 Å². The molecule has 5 rings (SSSR count). The van der Waals surface area contributed by atoms with Gasteiger partial charge in [-0.25, -0.2) is 0 Å². The smallest absolute Gasteiger partial charge is 0.128 e. The zero-order valence-corrected chi connectivity index (χ0v) is 19.1. The molecule has 4 aliphatic heterocycles. The van der Waals surface area contributed by atoms with Gasteiger partial charge in [-0.1, -0.05) is 12.1 Å². The number of nitrogens with zero attached hydrogens (tertiary/aromatic N) is 5. The van der Waals surface area contributed by atoms with Crippen LogP contribution in [0.5, 0.6) is 0 Å². The van der Waals surface area contributed by atoms with Crippen LogP contribution in [0.2, 0.25) is 0 Å². The van der Waals surface area contributed by atoms with Gasteiger partial charge in [0.15, 0.2) is 0 Å². The van der Waals surface area contributed by atoms with E-state index in [1.54, 1.807) is 0 Å². The fourth-order valence-electron chi connectivity index (χ4n) is 5.99. The fourth-order valence-corrected chi connectivity index (χ4v) is 5.99. The average Bonchev–Trinajstić information content (AvgIpc) is 3.07. The van der Waals surface area contributed by atoms with Crippen LogP contribution in [0.15, 0.2) is 47.7 Å². The molecule has 2 saturated heterocycles. The highest BCUT2D eigenvalue weighted by Crippen LogP contribution is 2.42. The molecule has 0 radical (unpaired) electrons. The molecule has 5 heterocycles. The number of amidine groups is 1. The van der Waals surface area contributed by atoms with Crippen molar-refractivity contribution in [3.05, 3.63) is 54.0 Å². The fraction of sp³-hybridized carbons (Fsp3) is 0.600. The van der Waals surface area contributed by atoms with Gasteiger partial charge in [0, 0.05) is 38.1 Å². The molecule has 4 atom stereocenters. The Labute approximate surface area is 186 Å². The van der Waals surface area contributed by atoms with E-state index >= 15 is 0 Å². The molecule has 4 aliphatic rings. The summed E-state index contributed by atoms with van der Waals surface area (Å²) in [6.07, 6.45) is 14.1. The molecule has 6 nitrogen and oxygen atoms in total. The summed E-state index contributed by atoms with van der Waals surface area (Å²) in [5.41, 5.74) is 2.44. The third kappa shape index (κ3) is 3.75. The maximum Gasteiger partial charge on any atom is 0.128 e. The van der Waals surface area contributed by atoms with Gasteiger partial charge in [-0.2, -0.15) is 0 Å². The van der Waals surface area contributed by atoms with Crippen molar-refractivity contribution in [3.8, 4) is 0 Å². The second-order valence-electron chi connectivity index (χ2n) is 9.63. The van der Waals surface area contributed by atoms with Crippen molar-refractivity contribution in [2.24, 2.45) is 4.99 Å². The Bertz CT molecular complexity index is 890. The standard InChI is InChI=1S/C25H35N5O/c1-19-8-7-12-26-23(19)20-9-6-10-21(28(20)3)24-25(2,18-29-14-16-31-17-15-29)30-13-5-4-11-22(30)27-24/h4-5,7-8,11-13,20-21,24H,6,9-10,14-18H2,1-3H3/t20-,21+,24?,25?/m0/s1. The molecular formula is C25H35N5O. The molecule has 1 aromatic rings. The van der Waals surface area contributed by atoms with Gasteiger partial charge in [0.1, 0.15) is 5.84 Å². The van der Waals surface area contributed by atoms with Gasteiger partial charge in [0.25, 0.3) is 0 Å². The summed E-state index contributed by atoms with van der Waals surface area (Å²) in [7, 11) is 2.29. The number of hydrogen-bond acceptors (Lipinski definition) is 6. The van der Waals surface area contributed by atoms with Crippen LogP contribution in [0.4, 0.5) is 0 Å². The summed E-state index contributed by atoms with van der Waals surface area (Å²) in [6.45, 7) is 9.26. The van der Waals surface area contributed by atoms with Crippen LogP contribution < -0.4 is 0 Å². The Hall–Kier alpha value is -2.02. The van der Waals surface area contributed by atoms with Crippen LogP contribution in [0, 0.1) is 6.92 Å². The van der Waals surface area contributed by atoms with Crippen LogP contribution in [0.25, 0.3) is 0 Å². The number of aromatic nitrogens is 1. The van der Waals surface area contributed by atoms with Crippen molar-refractivity contribution in [1.82, 2.24) is 19.7 Å². The Balaban J connectivity index is 1.46. The summed E-state index contributed by atoms with van der Waals surface area (Å²) >= 11 is 0. The van der Waals surface area contributed by atoms with Gasteiger partial charge < -0.3 is 9.64 Å². The van der Waals surface area contributed by atoms with Crippen LogP contribution in [0.1, 0.15) is 43.5 Å². The molecule has 1 aromatic heterocycles. The summed E-state index contributed by atoms with van der Waals surface area (Å²) in [4.78, 5) is 17.7. The lowest BCUT2D eigenvalue weighted by Gasteiger charge is -2.49. The number of morpholine rings is 1. The van der Waals surface area contributed by atoms with Gasteiger partial charge in [-0.15, -0.1) is 0 Å². The molecular weight excluding hydrogens is 386 g/mol. The highest BCUT2D eigenvalue weighted by molar-refractivity contribution is 5.97. The van der Waals surface area contributed by atoms with Gasteiger partial charge in [0.05, 0.1) is 36.5 Å². The maximum absolute atomic E-state index is 5.61. The van der Waals surface area contributed by atoms with E-state index in [1.807, 2.05) is 12.3 Å². The van der Waals surface area contributed by atoms with Crippen molar-refractivity contribution in [2.75, 3.05) is 39.9 Å². The third-order valence-electron chi connectivity index (χ3n) is 7.67. The molecule has 2 fully saturated rings. The zero-order valence-electron chi connectivity index (χ0n) is 19.1. The number of aliphatic imine (C=N–C) groups is 1. The molecule has 31 heavy (non-hydrogen) atoms.